The Bertz CT molecular complexity index is 268. The Hall–Kier alpha value is -1.05. The van der Waals surface area contributed by atoms with Gasteiger partial charge in [0.2, 0.25) is 0 Å². The quantitative estimate of drug-likeness (QED) is 0.673. The van der Waals surface area contributed by atoms with Crippen LogP contribution in [0.1, 0.15) is 19.4 Å². The van der Waals surface area contributed by atoms with E-state index >= 15 is 0 Å². The lowest BCUT2D eigenvalue weighted by Gasteiger charge is -2.21. The van der Waals surface area contributed by atoms with Crippen molar-refractivity contribution in [3.05, 3.63) is 29.8 Å². The highest BCUT2D eigenvalue weighted by molar-refractivity contribution is 5.43. The van der Waals surface area contributed by atoms with Crippen LogP contribution in [0.2, 0.25) is 0 Å². The molecule has 0 radical (unpaired) electrons. The minimum atomic E-state index is -0.421. The van der Waals surface area contributed by atoms with Gasteiger partial charge < -0.3 is 5.73 Å². The standard InChI is InChI=1S/C10H14FN/c1-10(2,7-11)8-4-3-5-9(12)6-8/h3-6H,7,12H2,1-2H3. The molecule has 0 spiro atoms. The highest BCUT2D eigenvalue weighted by Gasteiger charge is 2.19. The fourth-order valence-electron chi connectivity index (χ4n) is 1.04. The summed E-state index contributed by atoms with van der Waals surface area (Å²) < 4.78 is 12.5. The molecule has 0 aliphatic carbocycles. The van der Waals surface area contributed by atoms with Crippen LogP contribution < -0.4 is 5.73 Å². The molecule has 0 atom stereocenters. The van der Waals surface area contributed by atoms with E-state index in [0.717, 1.165) is 5.56 Å². The summed E-state index contributed by atoms with van der Waals surface area (Å²) in [5.41, 5.74) is 6.80. The van der Waals surface area contributed by atoms with Gasteiger partial charge >= 0.3 is 0 Å². The van der Waals surface area contributed by atoms with Crippen LogP contribution in [0.25, 0.3) is 0 Å². The second-order valence-electron chi connectivity index (χ2n) is 3.64. The van der Waals surface area contributed by atoms with E-state index in [1.807, 2.05) is 32.0 Å². The molecule has 0 amide bonds. The summed E-state index contributed by atoms with van der Waals surface area (Å²) in [4.78, 5) is 0. The largest absolute Gasteiger partial charge is 0.399 e. The first kappa shape index (κ1) is 9.04. The Labute approximate surface area is 72.4 Å². The lowest BCUT2D eigenvalue weighted by atomic mass is 9.86. The van der Waals surface area contributed by atoms with E-state index in [-0.39, 0.29) is 6.67 Å². The number of rotatable bonds is 2. The Morgan fingerprint density at radius 2 is 2.08 bits per heavy atom. The SMILES string of the molecule is CC(C)(CF)c1cccc(N)c1. The average molecular weight is 167 g/mol. The zero-order valence-corrected chi connectivity index (χ0v) is 7.47. The summed E-state index contributed by atoms with van der Waals surface area (Å²) in [6.45, 7) is 3.36. The summed E-state index contributed by atoms with van der Waals surface area (Å²) in [7, 11) is 0. The number of hydrogen-bond donors (Lipinski definition) is 1. The number of nitrogens with two attached hydrogens (primary N) is 1. The molecule has 66 valence electrons. The van der Waals surface area contributed by atoms with Crippen molar-refractivity contribution >= 4 is 5.69 Å². The summed E-state index contributed by atoms with van der Waals surface area (Å²) >= 11 is 0. The minimum Gasteiger partial charge on any atom is -0.399 e. The first-order valence-electron chi connectivity index (χ1n) is 3.98. The van der Waals surface area contributed by atoms with Gasteiger partial charge in [-0.25, -0.2) is 0 Å². The van der Waals surface area contributed by atoms with Gasteiger partial charge in [0.1, 0.15) is 0 Å². The van der Waals surface area contributed by atoms with Crippen LogP contribution in [0.4, 0.5) is 10.1 Å². The molecule has 2 heteroatoms. The number of anilines is 1. The molecule has 1 rings (SSSR count). The number of hydrogen-bond acceptors (Lipinski definition) is 1. The number of benzene rings is 1. The number of nitrogen functional groups attached to an aromatic ring is 1. The van der Waals surface area contributed by atoms with Crippen molar-refractivity contribution in [2.45, 2.75) is 19.3 Å². The molecule has 0 saturated carbocycles. The van der Waals surface area contributed by atoms with Crippen molar-refractivity contribution in [2.75, 3.05) is 12.4 Å². The van der Waals surface area contributed by atoms with Gasteiger partial charge in [0.15, 0.2) is 0 Å². The van der Waals surface area contributed by atoms with Crippen molar-refractivity contribution in [2.24, 2.45) is 0 Å². The second kappa shape index (κ2) is 3.13. The third kappa shape index (κ3) is 1.76. The van der Waals surface area contributed by atoms with E-state index < -0.39 is 5.41 Å². The Morgan fingerprint density at radius 3 is 2.58 bits per heavy atom. The van der Waals surface area contributed by atoms with Crippen LogP contribution in [-0.2, 0) is 5.41 Å². The Morgan fingerprint density at radius 1 is 1.42 bits per heavy atom. The highest BCUT2D eigenvalue weighted by Crippen LogP contribution is 2.24. The van der Waals surface area contributed by atoms with Crippen LogP contribution in [0.5, 0.6) is 0 Å². The highest BCUT2D eigenvalue weighted by atomic mass is 19.1. The molecule has 12 heavy (non-hydrogen) atoms. The van der Waals surface area contributed by atoms with Gasteiger partial charge in [-0.3, -0.25) is 4.39 Å². The van der Waals surface area contributed by atoms with Crippen molar-refractivity contribution in [1.82, 2.24) is 0 Å². The molecule has 0 fully saturated rings. The average Bonchev–Trinajstić information content (AvgIpc) is 2.05. The third-order valence-electron chi connectivity index (χ3n) is 2.00. The van der Waals surface area contributed by atoms with Gasteiger partial charge in [0.25, 0.3) is 0 Å². The Balaban J connectivity index is 3.03. The fourth-order valence-corrected chi connectivity index (χ4v) is 1.04. The monoisotopic (exact) mass is 167 g/mol. The Kier molecular flexibility index (Phi) is 2.36. The molecule has 2 N–H and O–H groups in total. The van der Waals surface area contributed by atoms with Gasteiger partial charge in [-0.15, -0.1) is 0 Å². The molecule has 0 heterocycles. The molecule has 0 unspecified atom stereocenters. The van der Waals surface area contributed by atoms with E-state index in [1.165, 1.54) is 0 Å². The molecule has 0 saturated heterocycles. The van der Waals surface area contributed by atoms with E-state index in [0.29, 0.717) is 5.69 Å². The van der Waals surface area contributed by atoms with Crippen LogP contribution >= 0.6 is 0 Å². The summed E-state index contributed by atoms with van der Waals surface area (Å²) in [6, 6.07) is 7.37. The fraction of sp³-hybridized carbons (Fsp3) is 0.400. The summed E-state index contributed by atoms with van der Waals surface area (Å²) in [5.74, 6) is 0. The molecular weight excluding hydrogens is 153 g/mol. The molecule has 0 aliphatic heterocycles. The van der Waals surface area contributed by atoms with Gasteiger partial charge in [-0.2, -0.15) is 0 Å². The molecule has 1 nitrogen and oxygen atoms in total. The first-order valence-corrected chi connectivity index (χ1v) is 3.98. The normalized spacial score (nSPS) is 11.6. The lowest BCUT2D eigenvalue weighted by molar-refractivity contribution is 0.351. The molecular formula is C10H14FN. The number of halogens is 1. The van der Waals surface area contributed by atoms with Crippen molar-refractivity contribution < 1.29 is 4.39 Å². The maximum atomic E-state index is 12.5. The van der Waals surface area contributed by atoms with Crippen LogP contribution in [0.3, 0.4) is 0 Å². The van der Waals surface area contributed by atoms with Crippen molar-refractivity contribution in [1.29, 1.82) is 0 Å². The van der Waals surface area contributed by atoms with E-state index in [1.54, 1.807) is 6.07 Å². The van der Waals surface area contributed by atoms with Gasteiger partial charge in [-0.1, -0.05) is 26.0 Å². The maximum Gasteiger partial charge on any atom is 0.0985 e. The second-order valence-corrected chi connectivity index (χ2v) is 3.64. The van der Waals surface area contributed by atoms with Crippen LogP contribution in [0.15, 0.2) is 24.3 Å². The lowest BCUT2D eigenvalue weighted by Crippen LogP contribution is -2.19. The molecule has 0 aliphatic rings. The maximum absolute atomic E-state index is 12.5. The molecule has 0 bridgehead atoms. The number of alkyl halides is 1. The smallest absolute Gasteiger partial charge is 0.0985 e. The van der Waals surface area contributed by atoms with Gasteiger partial charge in [0.05, 0.1) is 6.67 Å². The molecule has 0 aromatic heterocycles. The van der Waals surface area contributed by atoms with E-state index in [2.05, 4.69) is 0 Å². The predicted molar refractivity (Wildman–Crippen MR) is 49.9 cm³/mol. The third-order valence-corrected chi connectivity index (χ3v) is 2.00. The minimum absolute atomic E-state index is 0.365. The van der Waals surface area contributed by atoms with Crippen LogP contribution in [0, 0.1) is 0 Å². The predicted octanol–water partition coefficient (Wildman–Crippen LogP) is 2.52. The first-order chi connectivity index (χ1) is 5.56. The zero-order valence-electron chi connectivity index (χ0n) is 7.47. The topological polar surface area (TPSA) is 26.0 Å². The van der Waals surface area contributed by atoms with Crippen molar-refractivity contribution in [3.63, 3.8) is 0 Å². The molecule has 1 aromatic carbocycles. The van der Waals surface area contributed by atoms with Crippen molar-refractivity contribution in [3.8, 4) is 0 Å². The van der Waals surface area contributed by atoms with E-state index in [9.17, 15) is 4.39 Å². The van der Waals surface area contributed by atoms with E-state index in [4.69, 9.17) is 5.73 Å². The summed E-state index contributed by atoms with van der Waals surface area (Å²) in [5, 5.41) is 0. The van der Waals surface area contributed by atoms with Crippen LogP contribution in [-0.4, -0.2) is 6.67 Å². The van der Waals surface area contributed by atoms with Gasteiger partial charge in [-0.05, 0) is 17.7 Å². The van der Waals surface area contributed by atoms with Gasteiger partial charge in [0, 0.05) is 11.1 Å². The summed E-state index contributed by atoms with van der Waals surface area (Å²) in [6.07, 6.45) is 0. The zero-order chi connectivity index (χ0) is 9.19. The molecule has 1 aromatic rings.